The van der Waals surface area contributed by atoms with Crippen LogP contribution in [0, 0.1) is 10.1 Å². The molecule has 0 aromatic heterocycles. The molecule has 2 N–H and O–H groups in total. The molecule has 11 nitrogen and oxygen atoms in total. The maximum atomic E-state index is 13.0. The summed E-state index contributed by atoms with van der Waals surface area (Å²) in [5.74, 6) is 0.407. The van der Waals surface area contributed by atoms with Crippen LogP contribution in [0.2, 0.25) is 0 Å². The Balaban J connectivity index is 1.88. The van der Waals surface area contributed by atoms with Crippen LogP contribution in [-0.4, -0.2) is 40.6 Å². The highest BCUT2D eigenvalue weighted by molar-refractivity contribution is 7.92. The Labute approximate surface area is 195 Å². The lowest BCUT2D eigenvalue weighted by molar-refractivity contribution is -0.384. The zero-order chi connectivity index (χ0) is 24.9. The van der Waals surface area contributed by atoms with Gasteiger partial charge in [-0.15, -0.1) is 0 Å². The van der Waals surface area contributed by atoms with Gasteiger partial charge in [0.05, 0.1) is 42.5 Å². The summed E-state index contributed by atoms with van der Waals surface area (Å²) in [4.78, 5) is 23.0. The SMILES string of the molecule is COc1ccc(NC(=O)c2cccc(S(=O)(=O)Nc3cc([N+](=O)[O-])ccc3OC)c2)c(OC)c1. The van der Waals surface area contributed by atoms with Gasteiger partial charge in [-0.2, -0.15) is 0 Å². The first kappa shape index (κ1) is 24.3. The van der Waals surface area contributed by atoms with Crippen LogP contribution >= 0.6 is 0 Å². The summed E-state index contributed by atoms with van der Waals surface area (Å²) in [6.07, 6.45) is 0. The summed E-state index contributed by atoms with van der Waals surface area (Å²) in [6, 6.07) is 13.6. The first-order valence-corrected chi connectivity index (χ1v) is 11.2. The number of benzene rings is 3. The molecule has 0 aliphatic heterocycles. The van der Waals surface area contributed by atoms with Gasteiger partial charge in [-0.05, 0) is 36.4 Å². The number of hydrogen-bond acceptors (Lipinski definition) is 8. The van der Waals surface area contributed by atoms with Crippen molar-refractivity contribution < 1.29 is 32.3 Å². The van der Waals surface area contributed by atoms with Gasteiger partial charge in [0.1, 0.15) is 17.2 Å². The highest BCUT2D eigenvalue weighted by Crippen LogP contribution is 2.32. The van der Waals surface area contributed by atoms with Crippen LogP contribution in [-0.2, 0) is 10.0 Å². The summed E-state index contributed by atoms with van der Waals surface area (Å²) in [7, 11) is 0.0223. The Bertz CT molecular complexity index is 1340. The van der Waals surface area contributed by atoms with E-state index in [1.54, 1.807) is 18.2 Å². The summed E-state index contributed by atoms with van der Waals surface area (Å²) in [5, 5.41) is 13.7. The lowest BCUT2D eigenvalue weighted by atomic mass is 10.2. The molecule has 0 aliphatic carbocycles. The fourth-order valence-corrected chi connectivity index (χ4v) is 4.10. The Morgan fingerprint density at radius 3 is 2.26 bits per heavy atom. The van der Waals surface area contributed by atoms with E-state index in [-0.39, 0.29) is 27.6 Å². The minimum Gasteiger partial charge on any atom is -0.497 e. The molecule has 0 spiro atoms. The van der Waals surface area contributed by atoms with Crippen LogP contribution in [0.1, 0.15) is 10.4 Å². The predicted molar refractivity (Wildman–Crippen MR) is 124 cm³/mol. The van der Waals surface area contributed by atoms with Gasteiger partial charge in [-0.25, -0.2) is 8.42 Å². The van der Waals surface area contributed by atoms with Crippen molar-refractivity contribution in [2.24, 2.45) is 0 Å². The minimum atomic E-state index is -4.21. The van der Waals surface area contributed by atoms with Crippen LogP contribution in [0.4, 0.5) is 17.1 Å². The summed E-state index contributed by atoms with van der Waals surface area (Å²) in [6.45, 7) is 0. The van der Waals surface area contributed by atoms with Crippen LogP contribution in [0.5, 0.6) is 17.2 Å². The largest absolute Gasteiger partial charge is 0.497 e. The van der Waals surface area contributed by atoms with E-state index in [0.717, 1.165) is 6.07 Å². The molecule has 0 saturated carbocycles. The highest BCUT2D eigenvalue weighted by Gasteiger charge is 2.21. The molecule has 0 fully saturated rings. The normalized spacial score (nSPS) is 10.8. The fraction of sp³-hybridized carbons (Fsp3) is 0.136. The zero-order valence-corrected chi connectivity index (χ0v) is 19.2. The molecular formula is C22H21N3O8S. The molecule has 0 aliphatic rings. The Morgan fingerprint density at radius 1 is 0.882 bits per heavy atom. The van der Waals surface area contributed by atoms with E-state index in [1.165, 1.54) is 57.7 Å². The van der Waals surface area contributed by atoms with E-state index in [9.17, 15) is 23.3 Å². The van der Waals surface area contributed by atoms with Crippen molar-refractivity contribution in [2.45, 2.75) is 4.90 Å². The molecular weight excluding hydrogens is 466 g/mol. The Kier molecular flexibility index (Phi) is 7.21. The molecule has 0 radical (unpaired) electrons. The van der Waals surface area contributed by atoms with E-state index < -0.39 is 20.9 Å². The van der Waals surface area contributed by atoms with Gasteiger partial charge in [0.15, 0.2) is 0 Å². The van der Waals surface area contributed by atoms with Gasteiger partial charge in [-0.3, -0.25) is 19.6 Å². The monoisotopic (exact) mass is 487 g/mol. The molecule has 3 aromatic carbocycles. The number of hydrogen-bond donors (Lipinski definition) is 2. The number of rotatable bonds is 9. The van der Waals surface area contributed by atoms with Crippen LogP contribution < -0.4 is 24.2 Å². The zero-order valence-electron chi connectivity index (χ0n) is 18.4. The fourth-order valence-electron chi connectivity index (χ4n) is 2.99. The third kappa shape index (κ3) is 5.35. The Hall–Kier alpha value is -4.32. The molecule has 0 bridgehead atoms. The Morgan fingerprint density at radius 2 is 1.62 bits per heavy atom. The summed E-state index contributed by atoms with van der Waals surface area (Å²) < 4.78 is 43.7. The molecule has 0 atom stereocenters. The number of non-ortho nitro benzene ring substituents is 1. The van der Waals surface area contributed by atoms with Crippen molar-refractivity contribution in [2.75, 3.05) is 31.4 Å². The number of carbonyl (C=O) groups excluding carboxylic acids is 1. The second-order valence-electron chi connectivity index (χ2n) is 6.80. The molecule has 0 heterocycles. The molecule has 3 rings (SSSR count). The molecule has 1 amide bonds. The highest BCUT2D eigenvalue weighted by atomic mass is 32.2. The lowest BCUT2D eigenvalue weighted by Gasteiger charge is -2.13. The number of nitro groups is 1. The van der Waals surface area contributed by atoms with Crippen molar-refractivity contribution in [3.05, 3.63) is 76.3 Å². The number of nitrogens with zero attached hydrogens (tertiary/aromatic N) is 1. The average Bonchev–Trinajstić information content (AvgIpc) is 2.84. The standard InChI is InChI=1S/C22H21N3O8S/c1-31-16-8-9-18(21(13-16)33-3)23-22(26)14-5-4-6-17(11-14)34(29,30)24-19-12-15(25(27)28)7-10-20(19)32-2/h4-13,24H,1-3H3,(H,23,26). The molecule has 34 heavy (non-hydrogen) atoms. The van der Waals surface area contributed by atoms with Crippen molar-refractivity contribution in [3.8, 4) is 17.2 Å². The molecule has 3 aromatic rings. The van der Waals surface area contributed by atoms with Crippen molar-refractivity contribution in [1.29, 1.82) is 0 Å². The van der Waals surface area contributed by atoms with E-state index in [1.807, 2.05) is 0 Å². The van der Waals surface area contributed by atoms with Crippen molar-refractivity contribution in [3.63, 3.8) is 0 Å². The third-order valence-electron chi connectivity index (χ3n) is 4.70. The number of anilines is 2. The summed E-state index contributed by atoms with van der Waals surface area (Å²) >= 11 is 0. The second kappa shape index (κ2) is 10.1. The second-order valence-corrected chi connectivity index (χ2v) is 8.48. The lowest BCUT2D eigenvalue weighted by Crippen LogP contribution is -2.16. The van der Waals surface area contributed by atoms with Crippen LogP contribution in [0.15, 0.2) is 65.6 Å². The van der Waals surface area contributed by atoms with E-state index >= 15 is 0 Å². The molecule has 12 heteroatoms. The van der Waals surface area contributed by atoms with Gasteiger partial charge in [0, 0.05) is 23.8 Å². The van der Waals surface area contributed by atoms with Crippen molar-refractivity contribution >= 4 is 33.0 Å². The maximum absolute atomic E-state index is 13.0. The van der Waals surface area contributed by atoms with Gasteiger partial charge in [-0.1, -0.05) is 6.07 Å². The topological polar surface area (TPSA) is 146 Å². The number of carbonyl (C=O) groups is 1. The number of sulfonamides is 1. The third-order valence-corrected chi connectivity index (χ3v) is 6.06. The number of nitrogens with one attached hydrogen (secondary N) is 2. The van der Waals surface area contributed by atoms with Gasteiger partial charge < -0.3 is 19.5 Å². The summed E-state index contributed by atoms with van der Waals surface area (Å²) in [5.41, 5.74) is -0.0117. The van der Waals surface area contributed by atoms with Crippen molar-refractivity contribution in [1.82, 2.24) is 0 Å². The minimum absolute atomic E-state index is 0.0618. The number of amides is 1. The van der Waals surface area contributed by atoms with Gasteiger partial charge >= 0.3 is 0 Å². The van der Waals surface area contributed by atoms with Crippen LogP contribution in [0.3, 0.4) is 0 Å². The van der Waals surface area contributed by atoms with Gasteiger partial charge in [0.2, 0.25) is 0 Å². The maximum Gasteiger partial charge on any atom is 0.271 e. The smallest absolute Gasteiger partial charge is 0.271 e. The quantitative estimate of drug-likeness (QED) is 0.343. The first-order chi connectivity index (χ1) is 16.2. The number of nitro benzene ring substituents is 1. The van der Waals surface area contributed by atoms with Crippen LogP contribution in [0.25, 0.3) is 0 Å². The molecule has 0 unspecified atom stereocenters. The van der Waals surface area contributed by atoms with E-state index in [4.69, 9.17) is 14.2 Å². The average molecular weight is 487 g/mol. The predicted octanol–water partition coefficient (Wildman–Crippen LogP) is 3.67. The van der Waals surface area contributed by atoms with E-state index in [0.29, 0.717) is 17.2 Å². The number of ether oxygens (including phenoxy) is 3. The molecule has 178 valence electrons. The van der Waals surface area contributed by atoms with Gasteiger partial charge in [0.25, 0.3) is 21.6 Å². The first-order valence-electron chi connectivity index (χ1n) is 9.67. The molecule has 0 saturated heterocycles. The van der Waals surface area contributed by atoms with E-state index in [2.05, 4.69) is 10.0 Å². The number of methoxy groups -OCH3 is 3.